The van der Waals surface area contributed by atoms with Gasteiger partial charge in [0.1, 0.15) is 6.04 Å². The lowest BCUT2D eigenvalue weighted by molar-refractivity contribution is -0.148. The van der Waals surface area contributed by atoms with Crippen LogP contribution in [0.5, 0.6) is 0 Å². The highest BCUT2D eigenvalue weighted by Gasteiger charge is 2.22. The molecule has 1 amide bonds. The van der Waals surface area contributed by atoms with E-state index in [-0.39, 0.29) is 5.92 Å². The summed E-state index contributed by atoms with van der Waals surface area (Å²) in [5, 5.41) is 3.05. The molecule has 0 aliphatic carbocycles. The van der Waals surface area contributed by atoms with E-state index in [0.29, 0.717) is 11.4 Å². The molecule has 25 heavy (non-hydrogen) atoms. The van der Waals surface area contributed by atoms with Gasteiger partial charge in [-0.05, 0) is 36.1 Å². The minimum absolute atomic E-state index is 0.188. The molecule has 0 aromatic heterocycles. The van der Waals surface area contributed by atoms with Crippen molar-refractivity contribution >= 4 is 35.5 Å². The van der Waals surface area contributed by atoms with E-state index in [1.54, 1.807) is 24.3 Å². The van der Waals surface area contributed by atoms with Crippen molar-refractivity contribution in [1.82, 2.24) is 5.32 Å². The third-order valence-electron chi connectivity index (χ3n) is 3.13. The zero-order chi connectivity index (χ0) is 18.8. The molecule has 0 saturated heterocycles. The SMILES string of the molecule is COC(=O)[C@@H](CC(C)C)NC(=O)COC(=O)/C=C/c1cccc(Cl)c1. The van der Waals surface area contributed by atoms with Crippen molar-refractivity contribution in [3.8, 4) is 0 Å². The Morgan fingerprint density at radius 3 is 2.60 bits per heavy atom. The van der Waals surface area contributed by atoms with Crippen LogP contribution >= 0.6 is 11.6 Å². The first-order valence-electron chi connectivity index (χ1n) is 7.79. The molecule has 7 heteroatoms. The second-order valence-corrected chi connectivity index (χ2v) is 6.21. The molecule has 0 aliphatic heterocycles. The molecule has 1 N–H and O–H groups in total. The Labute approximate surface area is 152 Å². The minimum atomic E-state index is -0.766. The van der Waals surface area contributed by atoms with Gasteiger partial charge in [0.15, 0.2) is 6.61 Å². The molecule has 0 aliphatic rings. The Balaban J connectivity index is 2.48. The highest BCUT2D eigenvalue weighted by Crippen LogP contribution is 2.11. The molecule has 6 nitrogen and oxygen atoms in total. The number of nitrogens with one attached hydrogen (secondary N) is 1. The third-order valence-corrected chi connectivity index (χ3v) is 3.37. The van der Waals surface area contributed by atoms with Crippen LogP contribution in [0, 0.1) is 5.92 Å². The number of hydrogen-bond donors (Lipinski definition) is 1. The van der Waals surface area contributed by atoms with Gasteiger partial charge in [-0.25, -0.2) is 9.59 Å². The Morgan fingerprint density at radius 2 is 2.00 bits per heavy atom. The second kappa shape index (κ2) is 10.5. The summed E-state index contributed by atoms with van der Waals surface area (Å²) in [6.07, 6.45) is 3.16. The first-order chi connectivity index (χ1) is 11.8. The summed E-state index contributed by atoms with van der Waals surface area (Å²) in [7, 11) is 1.25. The van der Waals surface area contributed by atoms with Crippen LogP contribution in [0.15, 0.2) is 30.3 Å². The highest BCUT2D eigenvalue weighted by atomic mass is 35.5. The van der Waals surface area contributed by atoms with Crippen molar-refractivity contribution in [3.05, 3.63) is 40.9 Å². The van der Waals surface area contributed by atoms with E-state index >= 15 is 0 Å². The summed E-state index contributed by atoms with van der Waals surface area (Å²) in [5.74, 6) is -1.59. The van der Waals surface area contributed by atoms with E-state index in [9.17, 15) is 14.4 Å². The molecule has 0 unspecified atom stereocenters. The van der Waals surface area contributed by atoms with Crippen LogP contribution in [0.4, 0.5) is 0 Å². The van der Waals surface area contributed by atoms with Gasteiger partial charge in [0, 0.05) is 11.1 Å². The van der Waals surface area contributed by atoms with Crippen LogP contribution in [-0.4, -0.2) is 37.6 Å². The third kappa shape index (κ3) is 8.35. The van der Waals surface area contributed by atoms with Crippen LogP contribution in [0.3, 0.4) is 0 Å². The molecule has 0 heterocycles. The Kier molecular flexibility index (Phi) is 8.70. The highest BCUT2D eigenvalue weighted by molar-refractivity contribution is 6.30. The van der Waals surface area contributed by atoms with E-state index in [0.717, 1.165) is 5.56 Å². The summed E-state index contributed by atoms with van der Waals surface area (Å²) in [4.78, 5) is 35.1. The van der Waals surface area contributed by atoms with Crippen LogP contribution in [0.1, 0.15) is 25.8 Å². The fraction of sp³-hybridized carbons (Fsp3) is 0.389. The van der Waals surface area contributed by atoms with Crippen LogP contribution in [0.25, 0.3) is 6.08 Å². The van der Waals surface area contributed by atoms with Crippen LogP contribution in [0.2, 0.25) is 5.02 Å². The van der Waals surface area contributed by atoms with E-state index in [2.05, 4.69) is 10.1 Å². The molecular formula is C18H22ClNO5. The predicted molar refractivity (Wildman–Crippen MR) is 94.8 cm³/mol. The molecule has 0 bridgehead atoms. The molecule has 0 radical (unpaired) electrons. The topological polar surface area (TPSA) is 81.7 Å². The zero-order valence-electron chi connectivity index (χ0n) is 14.5. The number of carbonyl (C=O) groups excluding carboxylic acids is 3. The predicted octanol–water partition coefficient (Wildman–Crippen LogP) is 2.60. The van der Waals surface area contributed by atoms with Crippen molar-refractivity contribution < 1.29 is 23.9 Å². The Bertz CT molecular complexity index is 642. The summed E-state index contributed by atoms with van der Waals surface area (Å²) in [6.45, 7) is 3.36. The van der Waals surface area contributed by atoms with Gasteiger partial charge in [-0.2, -0.15) is 0 Å². The molecule has 1 aromatic carbocycles. The van der Waals surface area contributed by atoms with Gasteiger partial charge in [-0.3, -0.25) is 4.79 Å². The number of esters is 2. The smallest absolute Gasteiger partial charge is 0.331 e. The molecular weight excluding hydrogens is 346 g/mol. The normalized spacial score (nSPS) is 12.0. The Morgan fingerprint density at radius 1 is 1.28 bits per heavy atom. The first kappa shape index (κ1) is 20.7. The largest absolute Gasteiger partial charge is 0.467 e. The quantitative estimate of drug-likeness (QED) is 0.564. The molecule has 0 fully saturated rings. The average molecular weight is 368 g/mol. The summed E-state index contributed by atoms with van der Waals surface area (Å²) in [6, 6.07) is 6.16. The number of methoxy groups -OCH3 is 1. The number of hydrogen-bond acceptors (Lipinski definition) is 5. The monoisotopic (exact) mass is 367 g/mol. The van der Waals surface area contributed by atoms with Gasteiger partial charge in [-0.15, -0.1) is 0 Å². The van der Waals surface area contributed by atoms with Gasteiger partial charge in [-0.1, -0.05) is 37.6 Å². The van der Waals surface area contributed by atoms with E-state index in [4.69, 9.17) is 16.3 Å². The summed E-state index contributed by atoms with van der Waals surface area (Å²) in [5.41, 5.74) is 0.733. The number of amides is 1. The first-order valence-corrected chi connectivity index (χ1v) is 8.17. The standard InChI is InChI=1S/C18H22ClNO5/c1-12(2)9-15(18(23)24-3)20-16(21)11-25-17(22)8-7-13-5-4-6-14(19)10-13/h4-8,10,12,15H,9,11H2,1-3H3,(H,20,21)/b8-7+/t15-/m1/s1. The lowest BCUT2D eigenvalue weighted by Crippen LogP contribution is -2.44. The molecule has 1 atom stereocenters. The van der Waals surface area contributed by atoms with Gasteiger partial charge >= 0.3 is 11.9 Å². The van der Waals surface area contributed by atoms with E-state index in [1.165, 1.54) is 19.3 Å². The van der Waals surface area contributed by atoms with Gasteiger partial charge < -0.3 is 14.8 Å². The molecule has 1 rings (SSSR count). The molecule has 1 aromatic rings. The molecule has 136 valence electrons. The van der Waals surface area contributed by atoms with Crippen molar-refractivity contribution in [2.24, 2.45) is 5.92 Å². The number of ether oxygens (including phenoxy) is 2. The van der Waals surface area contributed by atoms with Crippen LogP contribution < -0.4 is 5.32 Å². The molecule has 0 spiro atoms. The maximum atomic E-state index is 11.8. The van der Waals surface area contributed by atoms with Gasteiger partial charge in [0.2, 0.25) is 0 Å². The minimum Gasteiger partial charge on any atom is -0.467 e. The van der Waals surface area contributed by atoms with Crippen molar-refractivity contribution in [1.29, 1.82) is 0 Å². The summed E-state index contributed by atoms with van der Waals surface area (Å²) < 4.78 is 9.51. The van der Waals surface area contributed by atoms with Crippen molar-refractivity contribution in [3.63, 3.8) is 0 Å². The molecule has 0 saturated carbocycles. The van der Waals surface area contributed by atoms with E-state index in [1.807, 2.05) is 13.8 Å². The summed E-state index contributed by atoms with van der Waals surface area (Å²) >= 11 is 5.84. The van der Waals surface area contributed by atoms with Crippen LogP contribution in [-0.2, 0) is 23.9 Å². The Hall–Kier alpha value is -2.34. The lowest BCUT2D eigenvalue weighted by Gasteiger charge is -2.18. The zero-order valence-corrected chi connectivity index (χ0v) is 15.2. The number of benzene rings is 1. The van der Waals surface area contributed by atoms with Gasteiger partial charge in [0.05, 0.1) is 7.11 Å². The maximum Gasteiger partial charge on any atom is 0.331 e. The fourth-order valence-electron chi connectivity index (χ4n) is 2.02. The number of carbonyl (C=O) groups is 3. The fourth-order valence-corrected chi connectivity index (χ4v) is 2.22. The maximum absolute atomic E-state index is 11.8. The average Bonchev–Trinajstić information content (AvgIpc) is 2.56. The number of halogens is 1. The number of rotatable bonds is 8. The van der Waals surface area contributed by atoms with Crippen molar-refractivity contribution in [2.75, 3.05) is 13.7 Å². The lowest BCUT2D eigenvalue weighted by atomic mass is 10.0. The van der Waals surface area contributed by atoms with E-state index < -0.39 is 30.5 Å². The van der Waals surface area contributed by atoms with Crippen molar-refractivity contribution in [2.45, 2.75) is 26.3 Å². The van der Waals surface area contributed by atoms with Gasteiger partial charge in [0.25, 0.3) is 5.91 Å². The second-order valence-electron chi connectivity index (χ2n) is 5.77.